The van der Waals surface area contributed by atoms with Crippen LogP contribution >= 0.6 is 0 Å². The second-order valence-corrected chi connectivity index (χ2v) is 6.90. The Bertz CT molecular complexity index is 519. The lowest BCUT2D eigenvalue weighted by atomic mass is 9.66. The molecule has 2 fully saturated rings. The molecule has 4 heteroatoms. The van der Waals surface area contributed by atoms with E-state index in [0.29, 0.717) is 6.61 Å². The van der Waals surface area contributed by atoms with E-state index in [2.05, 4.69) is 29.2 Å². The summed E-state index contributed by atoms with van der Waals surface area (Å²) >= 11 is 0. The zero-order valence-electron chi connectivity index (χ0n) is 14.7. The first-order valence-corrected chi connectivity index (χ1v) is 9.32. The lowest BCUT2D eigenvalue weighted by Gasteiger charge is -2.47. The number of hydrogen-bond acceptors (Lipinski definition) is 4. The third-order valence-corrected chi connectivity index (χ3v) is 5.48. The van der Waals surface area contributed by atoms with Crippen LogP contribution in [-0.2, 0) is 14.3 Å². The normalized spacial score (nSPS) is 22.7. The molecule has 1 heterocycles. The Hall–Kier alpha value is -1.39. The number of nitrogens with zero attached hydrogens (tertiary/aromatic N) is 1. The maximum Gasteiger partial charge on any atom is 0.314 e. The first-order valence-electron chi connectivity index (χ1n) is 9.32. The van der Waals surface area contributed by atoms with E-state index in [4.69, 9.17) is 9.47 Å². The molecule has 1 atom stereocenters. The molecular weight excluding hydrogens is 302 g/mol. The van der Waals surface area contributed by atoms with Crippen LogP contribution < -0.4 is 0 Å². The van der Waals surface area contributed by atoms with E-state index < -0.39 is 5.41 Å². The third-order valence-electron chi connectivity index (χ3n) is 5.48. The van der Waals surface area contributed by atoms with Gasteiger partial charge < -0.3 is 9.47 Å². The molecule has 1 aromatic carbocycles. The number of esters is 1. The van der Waals surface area contributed by atoms with Gasteiger partial charge in [-0.3, -0.25) is 9.69 Å². The predicted molar refractivity (Wildman–Crippen MR) is 93.7 cm³/mol. The number of rotatable bonds is 5. The Kier molecular flexibility index (Phi) is 5.90. The van der Waals surface area contributed by atoms with Crippen LogP contribution in [0.3, 0.4) is 0 Å². The van der Waals surface area contributed by atoms with E-state index in [1.54, 1.807) is 0 Å². The largest absolute Gasteiger partial charge is 0.466 e. The SMILES string of the molecule is CCOC(=O)C1(C(c2ccccc2)N2CCOCC2)CCCCC1. The molecule has 0 amide bonds. The summed E-state index contributed by atoms with van der Waals surface area (Å²) in [6.45, 7) is 5.58. The molecule has 0 aromatic heterocycles. The standard InChI is InChI=1S/C20H29NO3/c1-2-24-19(22)20(11-7-4-8-12-20)18(17-9-5-3-6-10-17)21-13-15-23-16-14-21/h3,5-6,9-10,18H,2,4,7-8,11-16H2,1H3. The lowest BCUT2D eigenvalue weighted by molar-refractivity contribution is -0.165. The second kappa shape index (κ2) is 8.13. The molecule has 0 radical (unpaired) electrons. The average molecular weight is 331 g/mol. The molecule has 1 saturated carbocycles. The Labute approximate surface area is 145 Å². The summed E-state index contributed by atoms with van der Waals surface area (Å²) in [5.74, 6) is -0.00922. The smallest absolute Gasteiger partial charge is 0.314 e. The summed E-state index contributed by atoms with van der Waals surface area (Å²) in [7, 11) is 0. The molecule has 0 N–H and O–H groups in total. The van der Waals surface area contributed by atoms with Gasteiger partial charge in [0.25, 0.3) is 0 Å². The van der Waals surface area contributed by atoms with Crippen molar-refractivity contribution in [2.45, 2.75) is 45.1 Å². The molecule has 1 aliphatic heterocycles. The Morgan fingerprint density at radius 1 is 1.17 bits per heavy atom. The van der Waals surface area contributed by atoms with Crippen LogP contribution in [-0.4, -0.2) is 43.8 Å². The first-order chi connectivity index (χ1) is 11.8. The van der Waals surface area contributed by atoms with Crippen molar-refractivity contribution in [3.63, 3.8) is 0 Å². The fraction of sp³-hybridized carbons (Fsp3) is 0.650. The fourth-order valence-corrected chi connectivity index (χ4v) is 4.40. The molecule has 1 aliphatic carbocycles. The minimum absolute atomic E-state index is 0.00922. The topological polar surface area (TPSA) is 38.8 Å². The maximum atomic E-state index is 13.1. The number of morpholine rings is 1. The van der Waals surface area contributed by atoms with Crippen molar-refractivity contribution in [1.29, 1.82) is 0 Å². The van der Waals surface area contributed by atoms with E-state index in [1.807, 2.05) is 13.0 Å². The van der Waals surface area contributed by atoms with Crippen molar-refractivity contribution in [2.24, 2.45) is 5.41 Å². The number of carbonyl (C=O) groups excluding carboxylic acids is 1. The van der Waals surface area contributed by atoms with Gasteiger partial charge in [0.2, 0.25) is 0 Å². The summed E-state index contributed by atoms with van der Waals surface area (Å²) in [5.41, 5.74) is 0.807. The van der Waals surface area contributed by atoms with Crippen LogP contribution in [0, 0.1) is 5.41 Å². The summed E-state index contributed by atoms with van der Waals surface area (Å²) in [4.78, 5) is 15.5. The Morgan fingerprint density at radius 2 is 1.83 bits per heavy atom. The van der Waals surface area contributed by atoms with Crippen LogP contribution in [0.5, 0.6) is 0 Å². The van der Waals surface area contributed by atoms with Crippen molar-refractivity contribution in [3.8, 4) is 0 Å². The zero-order chi connectivity index (χ0) is 16.8. The van der Waals surface area contributed by atoms with Crippen molar-refractivity contribution in [2.75, 3.05) is 32.9 Å². The van der Waals surface area contributed by atoms with Gasteiger partial charge in [-0.25, -0.2) is 0 Å². The average Bonchev–Trinajstić information content (AvgIpc) is 2.65. The van der Waals surface area contributed by atoms with Gasteiger partial charge in [-0.15, -0.1) is 0 Å². The summed E-state index contributed by atoms with van der Waals surface area (Å²) in [6.07, 6.45) is 5.26. The van der Waals surface area contributed by atoms with Gasteiger partial charge in [-0.05, 0) is 25.3 Å². The van der Waals surface area contributed by atoms with Gasteiger partial charge in [-0.1, -0.05) is 49.6 Å². The maximum absolute atomic E-state index is 13.1. The number of benzene rings is 1. The molecule has 0 bridgehead atoms. The second-order valence-electron chi connectivity index (χ2n) is 6.90. The van der Waals surface area contributed by atoms with Gasteiger partial charge in [0.15, 0.2) is 0 Å². The Balaban J connectivity index is 2.01. The van der Waals surface area contributed by atoms with Crippen molar-refractivity contribution in [3.05, 3.63) is 35.9 Å². The van der Waals surface area contributed by atoms with Gasteiger partial charge in [0.05, 0.1) is 31.3 Å². The van der Waals surface area contributed by atoms with Crippen LogP contribution in [0.15, 0.2) is 30.3 Å². The van der Waals surface area contributed by atoms with Crippen LogP contribution in [0.25, 0.3) is 0 Å². The summed E-state index contributed by atoms with van der Waals surface area (Å²) in [5, 5.41) is 0. The first kappa shape index (κ1) is 17.4. The molecule has 4 nitrogen and oxygen atoms in total. The highest BCUT2D eigenvalue weighted by Gasteiger charge is 2.50. The quantitative estimate of drug-likeness (QED) is 0.773. The molecule has 24 heavy (non-hydrogen) atoms. The van der Waals surface area contributed by atoms with E-state index >= 15 is 0 Å². The summed E-state index contributed by atoms with van der Waals surface area (Å²) in [6, 6.07) is 10.6. The van der Waals surface area contributed by atoms with E-state index in [-0.39, 0.29) is 12.0 Å². The van der Waals surface area contributed by atoms with Gasteiger partial charge in [0.1, 0.15) is 0 Å². The van der Waals surface area contributed by atoms with E-state index in [1.165, 1.54) is 12.0 Å². The highest BCUT2D eigenvalue weighted by atomic mass is 16.5. The molecule has 3 rings (SSSR count). The monoisotopic (exact) mass is 331 g/mol. The van der Waals surface area contributed by atoms with Crippen LogP contribution in [0.1, 0.15) is 50.6 Å². The van der Waals surface area contributed by atoms with E-state index in [0.717, 1.165) is 52.0 Å². The zero-order valence-corrected chi connectivity index (χ0v) is 14.7. The van der Waals surface area contributed by atoms with Crippen molar-refractivity contribution >= 4 is 5.97 Å². The van der Waals surface area contributed by atoms with Gasteiger partial charge >= 0.3 is 5.97 Å². The summed E-state index contributed by atoms with van der Waals surface area (Å²) < 4.78 is 11.1. The Morgan fingerprint density at radius 3 is 2.46 bits per heavy atom. The molecule has 2 aliphatic rings. The number of carbonyl (C=O) groups is 1. The third kappa shape index (κ3) is 3.50. The predicted octanol–water partition coefficient (Wildman–Crippen LogP) is 3.57. The molecule has 1 aromatic rings. The highest BCUT2D eigenvalue weighted by Crippen LogP contribution is 2.50. The highest BCUT2D eigenvalue weighted by molar-refractivity contribution is 5.78. The van der Waals surface area contributed by atoms with Crippen molar-refractivity contribution < 1.29 is 14.3 Å². The van der Waals surface area contributed by atoms with Crippen molar-refractivity contribution in [1.82, 2.24) is 4.90 Å². The lowest BCUT2D eigenvalue weighted by Crippen LogP contribution is -2.51. The van der Waals surface area contributed by atoms with E-state index in [9.17, 15) is 4.79 Å². The molecule has 1 saturated heterocycles. The van der Waals surface area contributed by atoms with Gasteiger partial charge in [0, 0.05) is 13.1 Å². The van der Waals surface area contributed by atoms with Crippen LogP contribution in [0.4, 0.5) is 0 Å². The number of ether oxygens (including phenoxy) is 2. The molecule has 1 unspecified atom stereocenters. The molecular formula is C20H29NO3. The minimum atomic E-state index is -0.424. The van der Waals surface area contributed by atoms with Crippen LogP contribution in [0.2, 0.25) is 0 Å². The molecule has 0 spiro atoms. The van der Waals surface area contributed by atoms with Gasteiger partial charge in [-0.2, -0.15) is 0 Å². The minimum Gasteiger partial charge on any atom is -0.466 e. The number of hydrogen-bond donors (Lipinski definition) is 0. The molecule has 132 valence electrons. The fourth-order valence-electron chi connectivity index (χ4n) is 4.40.